The molecule has 6 heteroatoms. The average molecular weight is 415 g/mol. The lowest BCUT2D eigenvalue weighted by Gasteiger charge is -2.14. The topological polar surface area (TPSA) is 68.0 Å². The minimum Gasteiger partial charge on any atom is -0.350 e. The van der Waals surface area contributed by atoms with Crippen molar-refractivity contribution in [2.45, 2.75) is 25.8 Å². The first-order chi connectivity index (χ1) is 15.1. The van der Waals surface area contributed by atoms with Crippen LogP contribution >= 0.6 is 0 Å². The largest absolute Gasteiger partial charge is 0.350 e. The van der Waals surface area contributed by atoms with Crippen LogP contribution < -0.4 is 5.32 Å². The lowest BCUT2D eigenvalue weighted by molar-refractivity contribution is -0.121. The zero-order valence-corrected chi connectivity index (χ0v) is 17.1. The molecular formula is C25H22FN3O2. The SMILES string of the molecule is CC(NC(=O)CCc1nc(-c2ccc(F)cc2)no1)c1ccc(-c2ccccc2)cc1. The summed E-state index contributed by atoms with van der Waals surface area (Å²) in [5, 5.41) is 6.90. The van der Waals surface area contributed by atoms with E-state index in [4.69, 9.17) is 4.52 Å². The minimum absolute atomic E-state index is 0.0961. The molecule has 156 valence electrons. The van der Waals surface area contributed by atoms with Gasteiger partial charge in [0.25, 0.3) is 0 Å². The fourth-order valence-corrected chi connectivity index (χ4v) is 3.28. The summed E-state index contributed by atoms with van der Waals surface area (Å²) in [6, 6.07) is 24.1. The summed E-state index contributed by atoms with van der Waals surface area (Å²) >= 11 is 0. The fraction of sp³-hybridized carbons (Fsp3) is 0.160. The van der Waals surface area contributed by atoms with Crippen molar-refractivity contribution in [2.24, 2.45) is 0 Å². The molecule has 3 aromatic carbocycles. The van der Waals surface area contributed by atoms with Gasteiger partial charge in [-0.2, -0.15) is 4.98 Å². The highest BCUT2D eigenvalue weighted by atomic mass is 19.1. The second-order valence-electron chi connectivity index (χ2n) is 7.30. The van der Waals surface area contributed by atoms with E-state index in [1.165, 1.54) is 12.1 Å². The number of amides is 1. The molecule has 0 saturated carbocycles. The molecule has 1 aromatic heterocycles. The van der Waals surface area contributed by atoms with Gasteiger partial charge in [0.1, 0.15) is 5.82 Å². The van der Waals surface area contributed by atoms with Crippen molar-refractivity contribution in [2.75, 3.05) is 0 Å². The molecule has 4 aromatic rings. The summed E-state index contributed by atoms with van der Waals surface area (Å²) in [6.45, 7) is 1.95. The van der Waals surface area contributed by atoms with Crippen molar-refractivity contribution in [1.29, 1.82) is 0 Å². The lowest BCUT2D eigenvalue weighted by Crippen LogP contribution is -2.26. The van der Waals surface area contributed by atoms with Crippen molar-refractivity contribution in [1.82, 2.24) is 15.5 Å². The van der Waals surface area contributed by atoms with Crippen LogP contribution in [-0.4, -0.2) is 16.0 Å². The van der Waals surface area contributed by atoms with Gasteiger partial charge in [-0.3, -0.25) is 4.79 Å². The molecule has 0 fully saturated rings. The van der Waals surface area contributed by atoms with Crippen molar-refractivity contribution in [3.05, 3.63) is 96.1 Å². The summed E-state index contributed by atoms with van der Waals surface area (Å²) in [6.07, 6.45) is 0.567. The molecule has 1 atom stereocenters. The van der Waals surface area contributed by atoms with Gasteiger partial charge in [0.05, 0.1) is 6.04 Å². The van der Waals surface area contributed by atoms with Crippen molar-refractivity contribution < 1.29 is 13.7 Å². The number of benzene rings is 3. The van der Waals surface area contributed by atoms with Gasteiger partial charge in [-0.25, -0.2) is 4.39 Å². The maximum Gasteiger partial charge on any atom is 0.227 e. The Balaban J connectivity index is 1.30. The summed E-state index contributed by atoms with van der Waals surface area (Å²) in [4.78, 5) is 16.6. The second kappa shape index (κ2) is 9.34. The van der Waals surface area contributed by atoms with Crippen LogP contribution in [0.15, 0.2) is 83.4 Å². The predicted octanol–water partition coefficient (Wildman–Crippen LogP) is 5.35. The monoisotopic (exact) mass is 415 g/mol. The van der Waals surface area contributed by atoms with E-state index in [-0.39, 0.29) is 24.2 Å². The molecule has 1 amide bonds. The van der Waals surface area contributed by atoms with Gasteiger partial charge >= 0.3 is 0 Å². The number of nitrogens with one attached hydrogen (secondary N) is 1. The van der Waals surface area contributed by atoms with Crippen molar-refractivity contribution in [3.8, 4) is 22.5 Å². The van der Waals surface area contributed by atoms with Crippen LogP contribution in [0.25, 0.3) is 22.5 Å². The molecule has 4 rings (SSSR count). The summed E-state index contributed by atoms with van der Waals surface area (Å²) in [5.74, 6) is 0.325. The lowest BCUT2D eigenvalue weighted by atomic mass is 10.0. The van der Waals surface area contributed by atoms with E-state index >= 15 is 0 Å². The van der Waals surface area contributed by atoms with Gasteiger partial charge < -0.3 is 9.84 Å². The quantitative estimate of drug-likeness (QED) is 0.442. The first-order valence-electron chi connectivity index (χ1n) is 10.1. The molecule has 1 unspecified atom stereocenters. The van der Waals surface area contributed by atoms with Gasteiger partial charge in [-0.1, -0.05) is 59.8 Å². The van der Waals surface area contributed by atoms with E-state index in [0.29, 0.717) is 23.7 Å². The Morgan fingerprint density at radius 1 is 0.935 bits per heavy atom. The number of rotatable bonds is 7. The molecule has 0 radical (unpaired) electrons. The number of aromatic nitrogens is 2. The summed E-state index contributed by atoms with van der Waals surface area (Å²) in [5.41, 5.74) is 3.99. The number of aryl methyl sites for hydroxylation is 1. The fourth-order valence-electron chi connectivity index (χ4n) is 3.28. The molecule has 1 N–H and O–H groups in total. The molecule has 31 heavy (non-hydrogen) atoms. The second-order valence-corrected chi connectivity index (χ2v) is 7.30. The van der Waals surface area contributed by atoms with Crippen LogP contribution in [-0.2, 0) is 11.2 Å². The number of carbonyl (C=O) groups excluding carboxylic acids is 1. The molecule has 5 nitrogen and oxygen atoms in total. The number of carbonyl (C=O) groups is 1. The molecule has 0 aliphatic rings. The van der Waals surface area contributed by atoms with Gasteiger partial charge in [-0.05, 0) is 47.9 Å². The highest BCUT2D eigenvalue weighted by molar-refractivity contribution is 5.76. The average Bonchev–Trinajstić information content (AvgIpc) is 3.28. The Morgan fingerprint density at radius 2 is 1.58 bits per heavy atom. The van der Waals surface area contributed by atoms with Gasteiger partial charge in [0.15, 0.2) is 0 Å². The smallest absolute Gasteiger partial charge is 0.227 e. The summed E-state index contributed by atoms with van der Waals surface area (Å²) < 4.78 is 18.2. The molecule has 0 aliphatic heterocycles. The van der Waals surface area contributed by atoms with Crippen LogP contribution in [0.1, 0.15) is 30.8 Å². The standard InChI is InChI=1S/C25H22FN3O2/c1-17(18-7-9-20(10-8-18)19-5-3-2-4-6-19)27-23(30)15-16-24-28-25(29-31-24)21-11-13-22(26)14-12-21/h2-14,17H,15-16H2,1H3,(H,27,30). The third-order valence-corrected chi connectivity index (χ3v) is 5.03. The van der Waals surface area contributed by atoms with E-state index < -0.39 is 0 Å². The van der Waals surface area contributed by atoms with E-state index in [1.54, 1.807) is 12.1 Å². The van der Waals surface area contributed by atoms with Crippen LogP contribution in [0.3, 0.4) is 0 Å². The van der Waals surface area contributed by atoms with Crippen LogP contribution in [0.4, 0.5) is 4.39 Å². The molecular weight excluding hydrogens is 393 g/mol. The molecule has 1 heterocycles. The molecule has 0 bridgehead atoms. The maximum atomic E-state index is 13.0. The minimum atomic E-state index is -0.326. The van der Waals surface area contributed by atoms with E-state index in [0.717, 1.165) is 16.7 Å². The Bertz CT molecular complexity index is 1140. The first kappa shape index (κ1) is 20.5. The third-order valence-electron chi connectivity index (χ3n) is 5.03. The van der Waals surface area contributed by atoms with Gasteiger partial charge in [0.2, 0.25) is 17.6 Å². The number of halogens is 1. The van der Waals surface area contributed by atoms with Crippen LogP contribution in [0, 0.1) is 5.82 Å². The van der Waals surface area contributed by atoms with E-state index in [2.05, 4.69) is 39.7 Å². The molecule has 0 aliphatic carbocycles. The molecule has 0 spiro atoms. The Morgan fingerprint density at radius 3 is 2.29 bits per heavy atom. The van der Waals surface area contributed by atoms with Crippen LogP contribution in [0.5, 0.6) is 0 Å². The zero-order valence-electron chi connectivity index (χ0n) is 17.1. The highest BCUT2D eigenvalue weighted by Crippen LogP contribution is 2.22. The van der Waals surface area contributed by atoms with E-state index in [9.17, 15) is 9.18 Å². The number of hydrogen-bond acceptors (Lipinski definition) is 4. The Hall–Kier alpha value is -3.80. The Kier molecular flexibility index (Phi) is 6.17. The normalized spacial score (nSPS) is 11.8. The predicted molar refractivity (Wildman–Crippen MR) is 116 cm³/mol. The highest BCUT2D eigenvalue weighted by Gasteiger charge is 2.13. The summed E-state index contributed by atoms with van der Waals surface area (Å²) in [7, 11) is 0. The Labute approximate surface area is 179 Å². The zero-order chi connectivity index (χ0) is 21.6. The maximum absolute atomic E-state index is 13.0. The van der Waals surface area contributed by atoms with E-state index in [1.807, 2.05) is 37.3 Å². The van der Waals surface area contributed by atoms with Gasteiger partial charge in [-0.15, -0.1) is 0 Å². The van der Waals surface area contributed by atoms with Gasteiger partial charge in [0, 0.05) is 18.4 Å². The number of nitrogens with zero attached hydrogens (tertiary/aromatic N) is 2. The van der Waals surface area contributed by atoms with Crippen LogP contribution in [0.2, 0.25) is 0 Å². The third kappa shape index (κ3) is 5.22. The first-order valence-corrected chi connectivity index (χ1v) is 10.1. The van der Waals surface area contributed by atoms with Crippen molar-refractivity contribution in [3.63, 3.8) is 0 Å². The number of hydrogen-bond donors (Lipinski definition) is 1. The van der Waals surface area contributed by atoms with Crippen molar-refractivity contribution >= 4 is 5.91 Å². The molecule has 0 saturated heterocycles.